The summed E-state index contributed by atoms with van der Waals surface area (Å²) in [7, 11) is 1.63. The molecule has 1 rings (SSSR count). The van der Waals surface area contributed by atoms with Crippen LogP contribution in [0.2, 0.25) is 0 Å². The number of rotatable bonds is 8. The Morgan fingerprint density at radius 2 is 1.90 bits per heavy atom. The van der Waals surface area contributed by atoms with E-state index in [1.54, 1.807) is 20.1 Å². The zero-order valence-corrected chi connectivity index (χ0v) is 13.3. The van der Waals surface area contributed by atoms with Gasteiger partial charge in [-0.25, -0.2) is 0 Å². The summed E-state index contributed by atoms with van der Waals surface area (Å²) in [5.41, 5.74) is 1.05. The smallest absolute Gasteiger partial charge is 0.249 e. The van der Waals surface area contributed by atoms with E-state index in [1.807, 2.05) is 24.3 Å². The lowest BCUT2D eigenvalue weighted by Crippen LogP contribution is -2.39. The van der Waals surface area contributed by atoms with E-state index >= 15 is 0 Å². The minimum absolute atomic E-state index is 0.0572. The van der Waals surface area contributed by atoms with E-state index in [0.29, 0.717) is 6.61 Å². The van der Waals surface area contributed by atoms with Gasteiger partial charge in [0, 0.05) is 0 Å². The van der Waals surface area contributed by atoms with Crippen LogP contribution in [0.3, 0.4) is 0 Å². The standard InChI is InChI=1S/C17H25NO3/c1-6-11-21-13(4)17(19)18-16(12(2)3)14-7-9-15(20-5)10-8-14/h6-10,12-13,16H,1,11H2,2-5H3,(H,18,19)/t13-,16-/m1/s1. The first-order valence-electron chi connectivity index (χ1n) is 7.16. The molecule has 1 aromatic rings. The molecular weight excluding hydrogens is 266 g/mol. The van der Waals surface area contributed by atoms with E-state index in [0.717, 1.165) is 11.3 Å². The SMILES string of the molecule is C=CCO[C@H](C)C(=O)N[C@@H](c1ccc(OC)cc1)C(C)C. The molecule has 116 valence electrons. The van der Waals surface area contributed by atoms with E-state index in [1.165, 1.54) is 0 Å². The van der Waals surface area contributed by atoms with Crippen molar-refractivity contribution < 1.29 is 14.3 Å². The maximum absolute atomic E-state index is 12.2. The van der Waals surface area contributed by atoms with E-state index < -0.39 is 6.10 Å². The molecule has 0 unspecified atom stereocenters. The predicted octanol–water partition coefficient (Wildman–Crippen LogP) is 3.10. The van der Waals surface area contributed by atoms with Crippen molar-refractivity contribution in [1.82, 2.24) is 5.32 Å². The van der Waals surface area contributed by atoms with Crippen LogP contribution in [0.1, 0.15) is 32.4 Å². The number of carbonyl (C=O) groups excluding carboxylic acids is 1. The van der Waals surface area contributed by atoms with Gasteiger partial charge in [-0.05, 0) is 30.5 Å². The van der Waals surface area contributed by atoms with E-state index in [4.69, 9.17) is 9.47 Å². The molecule has 4 nitrogen and oxygen atoms in total. The molecule has 2 atom stereocenters. The lowest BCUT2D eigenvalue weighted by Gasteiger charge is -2.25. The average molecular weight is 291 g/mol. The van der Waals surface area contributed by atoms with Crippen molar-refractivity contribution in [2.45, 2.75) is 32.9 Å². The summed E-state index contributed by atoms with van der Waals surface area (Å²) < 4.78 is 10.5. The summed E-state index contributed by atoms with van der Waals surface area (Å²) in [6.45, 7) is 9.83. The Labute approximate surface area is 127 Å². The van der Waals surface area contributed by atoms with Crippen LogP contribution >= 0.6 is 0 Å². The molecule has 0 heterocycles. The molecule has 1 amide bonds. The third kappa shape index (κ3) is 5.23. The van der Waals surface area contributed by atoms with Gasteiger partial charge in [-0.15, -0.1) is 6.58 Å². The number of methoxy groups -OCH3 is 1. The van der Waals surface area contributed by atoms with Crippen LogP contribution in [0.15, 0.2) is 36.9 Å². The van der Waals surface area contributed by atoms with E-state index in [2.05, 4.69) is 25.7 Å². The van der Waals surface area contributed by atoms with Gasteiger partial charge >= 0.3 is 0 Å². The van der Waals surface area contributed by atoms with Crippen LogP contribution < -0.4 is 10.1 Å². The predicted molar refractivity (Wildman–Crippen MR) is 84.3 cm³/mol. The van der Waals surface area contributed by atoms with E-state index in [9.17, 15) is 4.79 Å². The monoisotopic (exact) mass is 291 g/mol. The first-order valence-corrected chi connectivity index (χ1v) is 7.16. The highest BCUT2D eigenvalue weighted by Gasteiger charge is 2.21. The zero-order chi connectivity index (χ0) is 15.8. The largest absolute Gasteiger partial charge is 0.497 e. The molecular formula is C17H25NO3. The van der Waals surface area contributed by atoms with Crippen LogP contribution in [0.25, 0.3) is 0 Å². The topological polar surface area (TPSA) is 47.6 Å². The van der Waals surface area contributed by atoms with Gasteiger partial charge in [0.25, 0.3) is 0 Å². The quantitative estimate of drug-likeness (QED) is 0.749. The first kappa shape index (κ1) is 17.2. The maximum atomic E-state index is 12.2. The summed E-state index contributed by atoms with van der Waals surface area (Å²) in [5.74, 6) is 0.954. The van der Waals surface area contributed by atoms with Gasteiger partial charge in [-0.1, -0.05) is 32.1 Å². The lowest BCUT2D eigenvalue weighted by molar-refractivity contribution is -0.132. The highest BCUT2D eigenvalue weighted by molar-refractivity contribution is 5.80. The van der Waals surface area contributed by atoms with Crippen molar-refractivity contribution in [3.05, 3.63) is 42.5 Å². The fourth-order valence-electron chi connectivity index (χ4n) is 2.00. The number of benzene rings is 1. The van der Waals surface area contributed by atoms with Crippen LogP contribution in [-0.4, -0.2) is 25.7 Å². The van der Waals surface area contributed by atoms with Crippen LogP contribution in [0.5, 0.6) is 5.75 Å². The van der Waals surface area contributed by atoms with Crippen molar-refractivity contribution in [3.63, 3.8) is 0 Å². The Morgan fingerprint density at radius 3 is 2.38 bits per heavy atom. The Hall–Kier alpha value is -1.81. The maximum Gasteiger partial charge on any atom is 0.249 e. The van der Waals surface area contributed by atoms with Gasteiger partial charge < -0.3 is 14.8 Å². The summed E-state index contributed by atoms with van der Waals surface area (Å²) in [6.07, 6.45) is 1.13. The average Bonchev–Trinajstić information content (AvgIpc) is 2.49. The van der Waals surface area contributed by atoms with Crippen molar-refractivity contribution in [1.29, 1.82) is 0 Å². The van der Waals surface area contributed by atoms with Gasteiger partial charge in [0.15, 0.2) is 0 Å². The van der Waals surface area contributed by atoms with Gasteiger partial charge in [0.1, 0.15) is 11.9 Å². The number of nitrogens with one attached hydrogen (secondary N) is 1. The van der Waals surface area contributed by atoms with Gasteiger partial charge in [-0.3, -0.25) is 4.79 Å². The second-order valence-corrected chi connectivity index (χ2v) is 5.27. The molecule has 1 aromatic carbocycles. The highest BCUT2D eigenvalue weighted by Crippen LogP contribution is 2.24. The molecule has 0 bridgehead atoms. The first-order chi connectivity index (χ1) is 9.99. The molecule has 0 aliphatic heterocycles. The van der Waals surface area contributed by atoms with Crippen molar-refractivity contribution in [3.8, 4) is 5.75 Å². The molecule has 1 N–H and O–H groups in total. The lowest BCUT2D eigenvalue weighted by atomic mass is 9.95. The van der Waals surface area contributed by atoms with Crippen molar-refractivity contribution >= 4 is 5.91 Å². The second kappa shape index (κ2) is 8.47. The molecule has 21 heavy (non-hydrogen) atoms. The van der Waals surface area contributed by atoms with Crippen LogP contribution in [0, 0.1) is 5.92 Å². The summed E-state index contributed by atoms with van der Waals surface area (Å²) in [6, 6.07) is 7.68. The Balaban J connectivity index is 2.77. The molecule has 4 heteroatoms. The number of carbonyl (C=O) groups is 1. The molecule has 0 radical (unpaired) electrons. The fraction of sp³-hybridized carbons (Fsp3) is 0.471. The van der Waals surface area contributed by atoms with Gasteiger partial charge in [0.05, 0.1) is 19.8 Å². The summed E-state index contributed by atoms with van der Waals surface area (Å²) >= 11 is 0. The van der Waals surface area contributed by atoms with E-state index in [-0.39, 0.29) is 17.9 Å². The molecule has 0 spiro atoms. The molecule has 0 fully saturated rings. The third-order valence-corrected chi connectivity index (χ3v) is 3.27. The number of hydrogen-bond acceptors (Lipinski definition) is 3. The van der Waals surface area contributed by atoms with Crippen LogP contribution in [0.4, 0.5) is 0 Å². The highest BCUT2D eigenvalue weighted by atomic mass is 16.5. The summed E-state index contributed by atoms with van der Waals surface area (Å²) in [5, 5.41) is 3.04. The molecule has 0 aromatic heterocycles. The van der Waals surface area contributed by atoms with Crippen LogP contribution in [-0.2, 0) is 9.53 Å². The minimum Gasteiger partial charge on any atom is -0.497 e. The number of ether oxygens (including phenoxy) is 2. The van der Waals surface area contributed by atoms with Crippen molar-refractivity contribution in [2.75, 3.05) is 13.7 Å². The fourth-order valence-corrected chi connectivity index (χ4v) is 2.00. The molecule has 0 saturated heterocycles. The molecule has 0 saturated carbocycles. The Kier molecular flexibility index (Phi) is 6.96. The van der Waals surface area contributed by atoms with Crippen molar-refractivity contribution in [2.24, 2.45) is 5.92 Å². The third-order valence-electron chi connectivity index (χ3n) is 3.27. The Bertz CT molecular complexity index is 454. The normalized spacial score (nSPS) is 13.6. The van der Waals surface area contributed by atoms with Gasteiger partial charge in [0.2, 0.25) is 5.91 Å². The minimum atomic E-state index is -0.498. The zero-order valence-electron chi connectivity index (χ0n) is 13.3. The second-order valence-electron chi connectivity index (χ2n) is 5.27. The molecule has 0 aliphatic carbocycles. The molecule has 0 aliphatic rings. The number of hydrogen-bond donors (Lipinski definition) is 1. The van der Waals surface area contributed by atoms with Gasteiger partial charge in [-0.2, -0.15) is 0 Å². The number of amides is 1. The Morgan fingerprint density at radius 1 is 1.29 bits per heavy atom. The summed E-state index contributed by atoms with van der Waals surface area (Å²) in [4.78, 5) is 12.2.